The molecular formula is C15H18Cl2N4. The van der Waals surface area contributed by atoms with E-state index in [-0.39, 0.29) is 6.04 Å². The molecule has 112 valence electrons. The van der Waals surface area contributed by atoms with Crippen LogP contribution in [0.2, 0.25) is 10.0 Å². The van der Waals surface area contributed by atoms with Gasteiger partial charge in [0.25, 0.3) is 0 Å². The maximum Gasteiger partial charge on any atom is 0.224 e. The summed E-state index contributed by atoms with van der Waals surface area (Å²) in [7, 11) is 0. The lowest BCUT2D eigenvalue weighted by molar-refractivity contribution is 0.870. The molecule has 0 aliphatic carbocycles. The van der Waals surface area contributed by atoms with Crippen LogP contribution in [0.25, 0.3) is 0 Å². The molecule has 0 amide bonds. The largest absolute Gasteiger partial charge is 0.362 e. The molecular weight excluding hydrogens is 307 g/mol. The van der Waals surface area contributed by atoms with Crippen LogP contribution in [0.5, 0.6) is 0 Å². The fourth-order valence-corrected chi connectivity index (χ4v) is 2.20. The van der Waals surface area contributed by atoms with Crippen LogP contribution in [0.15, 0.2) is 30.5 Å². The maximum absolute atomic E-state index is 6.15. The summed E-state index contributed by atoms with van der Waals surface area (Å²) >= 11 is 12.2. The summed E-state index contributed by atoms with van der Waals surface area (Å²) in [5.74, 6) is 1.18. The minimum absolute atomic E-state index is 0.0372. The van der Waals surface area contributed by atoms with Gasteiger partial charge in [-0.2, -0.15) is 4.98 Å². The number of nitrogens with zero attached hydrogens (tertiary/aromatic N) is 2. The Morgan fingerprint density at radius 2 is 2.10 bits per heavy atom. The number of aromatic nitrogens is 2. The average molecular weight is 325 g/mol. The summed E-state index contributed by atoms with van der Waals surface area (Å²) in [5.41, 5.74) is 1.07. The second kappa shape index (κ2) is 7.48. The Morgan fingerprint density at radius 3 is 2.81 bits per heavy atom. The lowest BCUT2D eigenvalue weighted by Crippen LogP contribution is -2.11. The van der Waals surface area contributed by atoms with Crippen molar-refractivity contribution in [3.8, 4) is 0 Å². The van der Waals surface area contributed by atoms with Crippen LogP contribution in [0.3, 0.4) is 0 Å². The van der Waals surface area contributed by atoms with Crippen molar-refractivity contribution in [1.82, 2.24) is 9.97 Å². The Balaban J connectivity index is 2.14. The molecule has 0 aliphatic heterocycles. The topological polar surface area (TPSA) is 49.8 Å². The van der Waals surface area contributed by atoms with E-state index in [9.17, 15) is 0 Å². The molecule has 1 aromatic carbocycles. The summed E-state index contributed by atoms with van der Waals surface area (Å²) in [6.45, 7) is 4.94. The van der Waals surface area contributed by atoms with E-state index >= 15 is 0 Å². The first kappa shape index (κ1) is 15.9. The molecule has 0 aliphatic rings. The van der Waals surface area contributed by atoms with Gasteiger partial charge in [-0.1, -0.05) is 42.3 Å². The monoisotopic (exact) mass is 324 g/mol. The van der Waals surface area contributed by atoms with E-state index in [1.54, 1.807) is 6.20 Å². The highest BCUT2D eigenvalue weighted by atomic mass is 35.5. The summed E-state index contributed by atoms with van der Waals surface area (Å²) in [5, 5.41) is 7.63. The van der Waals surface area contributed by atoms with Crippen molar-refractivity contribution < 1.29 is 0 Å². The predicted molar refractivity (Wildman–Crippen MR) is 89.3 cm³/mol. The molecule has 0 saturated carbocycles. The number of anilines is 2. The van der Waals surface area contributed by atoms with Crippen LogP contribution in [-0.2, 0) is 0 Å². The van der Waals surface area contributed by atoms with Crippen molar-refractivity contribution in [3.05, 3.63) is 46.1 Å². The molecule has 0 saturated heterocycles. The van der Waals surface area contributed by atoms with Gasteiger partial charge in [0.2, 0.25) is 5.95 Å². The minimum Gasteiger partial charge on any atom is -0.362 e. The highest BCUT2D eigenvalue weighted by Gasteiger charge is 2.10. The first-order chi connectivity index (χ1) is 10.1. The van der Waals surface area contributed by atoms with Gasteiger partial charge in [-0.05, 0) is 31.0 Å². The zero-order valence-corrected chi connectivity index (χ0v) is 13.5. The number of halogens is 2. The van der Waals surface area contributed by atoms with Crippen molar-refractivity contribution in [2.75, 3.05) is 17.2 Å². The van der Waals surface area contributed by atoms with Gasteiger partial charge < -0.3 is 10.6 Å². The molecule has 1 atom stereocenters. The Morgan fingerprint density at radius 1 is 1.29 bits per heavy atom. The van der Waals surface area contributed by atoms with E-state index < -0.39 is 0 Å². The maximum atomic E-state index is 6.15. The van der Waals surface area contributed by atoms with Crippen LogP contribution in [-0.4, -0.2) is 16.5 Å². The van der Waals surface area contributed by atoms with Gasteiger partial charge in [-0.15, -0.1) is 0 Å². The van der Waals surface area contributed by atoms with E-state index in [1.165, 1.54) is 0 Å². The van der Waals surface area contributed by atoms with Crippen LogP contribution >= 0.6 is 23.2 Å². The van der Waals surface area contributed by atoms with Gasteiger partial charge in [0.05, 0.1) is 12.2 Å². The molecule has 6 heteroatoms. The molecule has 1 heterocycles. The molecule has 2 N–H and O–H groups in total. The highest BCUT2D eigenvalue weighted by molar-refractivity contribution is 6.32. The quantitative estimate of drug-likeness (QED) is 0.802. The molecule has 21 heavy (non-hydrogen) atoms. The van der Waals surface area contributed by atoms with Crippen LogP contribution in [0.1, 0.15) is 31.9 Å². The number of hydrogen-bond donors (Lipinski definition) is 2. The third-order valence-corrected chi connectivity index (χ3v) is 3.49. The van der Waals surface area contributed by atoms with E-state index in [0.29, 0.717) is 21.8 Å². The summed E-state index contributed by atoms with van der Waals surface area (Å²) in [6.07, 6.45) is 2.60. The molecule has 0 radical (unpaired) electrons. The summed E-state index contributed by atoms with van der Waals surface area (Å²) < 4.78 is 0. The number of benzene rings is 1. The van der Waals surface area contributed by atoms with Gasteiger partial charge in [0.15, 0.2) is 5.82 Å². The van der Waals surface area contributed by atoms with Crippen LogP contribution < -0.4 is 10.6 Å². The van der Waals surface area contributed by atoms with Gasteiger partial charge in [-0.3, -0.25) is 0 Å². The summed E-state index contributed by atoms with van der Waals surface area (Å²) in [6, 6.07) is 7.74. The van der Waals surface area contributed by atoms with E-state index in [0.717, 1.165) is 18.5 Å². The Bertz CT molecular complexity index is 604. The predicted octanol–water partition coefficient (Wildman–Crippen LogP) is 4.78. The van der Waals surface area contributed by atoms with Crippen LogP contribution in [0, 0.1) is 0 Å². The molecule has 4 nitrogen and oxygen atoms in total. The minimum atomic E-state index is 0.0372. The van der Waals surface area contributed by atoms with Gasteiger partial charge in [0.1, 0.15) is 5.02 Å². The average Bonchev–Trinajstić information content (AvgIpc) is 2.48. The van der Waals surface area contributed by atoms with Crippen molar-refractivity contribution in [2.24, 2.45) is 0 Å². The van der Waals surface area contributed by atoms with Gasteiger partial charge in [-0.25, -0.2) is 4.98 Å². The molecule has 1 unspecified atom stereocenters. The van der Waals surface area contributed by atoms with Crippen LogP contribution in [0.4, 0.5) is 11.8 Å². The fourth-order valence-electron chi connectivity index (χ4n) is 1.85. The van der Waals surface area contributed by atoms with E-state index in [4.69, 9.17) is 23.2 Å². The lowest BCUT2D eigenvalue weighted by Gasteiger charge is -2.16. The highest BCUT2D eigenvalue weighted by Crippen LogP contribution is 2.25. The van der Waals surface area contributed by atoms with E-state index in [2.05, 4.69) is 27.5 Å². The third-order valence-electron chi connectivity index (χ3n) is 2.98. The van der Waals surface area contributed by atoms with Gasteiger partial charge >= 0.3 is 0 Å². The van der Waals surface area contributed by atoms with Gasteiger partial charge in [0, 0.05) is 11.6 Å². The van der Waals surface area contributed by atoms with Crippen molar-refractivity contribution in [2.45, 2.75) is 26.3 Å². The SMILES string of the molecule is CCCNc1ncc(Cl)c(NC(C)c2cccc(Cl)c2)n1. The number of nitrogens with one attached hydrogen (secondary N) is 2. The number of hydrogen-bond acceptors (Lipinski definition) is 4. The zero-order chi connectivity index (χ0) is 15.2. The lowest BCUT2D eigenvalue weighted by atomic mass is 10.1. The molecule has 2 aromatic rings. The molecule has 0 fully saturated rings. The molecule has 0 spiro atoms. The normalized spacial score (nSPS) is 12.0. The molecule has 0 bridgehead atoms. The Kier molecular flexibility index (Phi) is 5.65. The zero-order valence-electron chi connectivity index (χ0n) is 12.0. The molecule has 1 aromatic heterocycles. The third kappa shape index (κ3) is 4.48. The van der Waals surface area contributed by atoms with Crippen molar-refractivity contribution >= 4 is 35.0 Å². The van der Waals surface area contributed by atoms with Crippen molar-refractivity contribution in [3.63, 3.8) is 0 Å². The van der Waals surface area contributed by atoms with Crippen molar-refractivity contribution in [1.29, 1.82) is 0 Å². The fraction of sp³-hybridized carbons (Fsp3) is 0.333. The summed E-state index contributed by atoms with van der Waals surface area (Å²) in [4.78, 5) is 8.55. The Hall–Kier alpha value is -1.52. The second-order valence-electron chi connectivity index (χ2n) is 4.74. The second-order valence-corrected chi connectivity index (χ2v) is 5.58. The smallest absolute Gasteiger partial charge is 0.224 e. The van der Waals surface area contributed by atoms with E-state index in [1.807, 2.05) is 31.2 Å². The molecule has 2 rings (SSSR count). The number of rotatable bonds is 6. The first-order valence-electron chi connectivity index (χ1n) is 6.88. The first-order valence-corrected chi connectivity index (χ1v) is 7.64. The standard InChI is InChI=1S/C15H18Cl2N4/c1-3-7-18-15-19-9-13(17)14(21-15)20-10(2)11-5-4-6-12(16)8-11/h4-6,8-10H,3,7H2,1-2H3,(H2,18,19,20,21). The Labute approximate surface area is 134 Å².